The maximum absolute atomic E-state index is 11.6. The van der Waals surface area contributed by atoms with E-state index in [1.165, 1.54) is 25.6 Å². The van der Waals surface area contributed by atoms with Crippen LogP contribution in [0.4, 0.5) is 5.69 Å². The summed E-state index contributed by atoms with van der Waals surface area (Å²) < 4.78 is 5.70. The molecule has 0 radical (unpaired) electrons. The smallest absolute Gasteiger partial charge is 0.310 e. The lowest BCUT2D eigenvalue weighted by Gasteiger charge is -2.12. The van der Waals surface area contributed by atoms with Gasteiger partial charge in [-0.2, -0.15) is 0 Å². The molecule has 0 aliphatic heterocycles. The fourth-order valence-electron chi connectivity index (χ4n) is 2.58. The van der Waals surface area contributed by atoms with Crippen LogP contribution in [0.5, 0.6) is 0 Å². The van der Waals surface area contributed by atoms with E-state index in [-0.39, 0.29) is 12.4 Å². The number of hydrogen-bond acceptors (Lipinski definition) is 3. The molecule has 1 aliphatic rings. The normalized spacial score (nSPS) is 14.8. The van der Waals surface area contributed by atoms with Gasteiger partial charge in [-0.25, -0.2) is 0 Å². The Labute approximate surface area is 125 Å². The van der Waals surface area contributed by atoms with Gasteiger partial charge in [0, 0.05) is 15.6 Å². The second-order valence-electron chi connectivity index (χ2n) is 5.37. The Hall–Kier alpha value is -1.49. The molecule has 1 heterocycles. The molecule has 20 heavy (non-hydrogen) atoms. The van der Waals surface area contributed by atoms with Crippen molar-refractivity contribution in [1.29, 1.82) is 0 Å². The van der Waals surface area contributed by atoms with Crippen molar-refractivity contribution < 1.29 is 9.53 Å². The van der Waals surface area contributed by atoms with Crippen LogP contribution in [0.3, 0.4) is 0 Å². The van der Waals surface area contributed by atoms with Crippen LogP contribution in [0.15, 0.2) is 10.5 Å². The summed E-state index contributed by atoms with van der Waals surface area (Å²) in [6.45, 7) is 1.94. The van der Waals surface area contributed by atoms with Gasteiger partial charge in [0.1, 0.15) is 0 Å². The van der Waals surface area contributed by atoms with Gasteiger partial charge < -0.3 is 15.5 Å². The SMILES string of the molecule is COC(=O)Cc1c(C)c(N)c2[nH]c(C3CC3)cc2c1Br. The fourth-order valence-corrected chi connectivity index (χ4v) is 3.33. The van der Waals surface area contributed by atoms with Crippen molar-refractivity contribution in [1.82, 2.24) is 4.98 Å². The molecule has 0 saturated heterocycles. The number of fused-ring (bicyclic) bond motifs is 1. The van der Waals surface area contributed by atoms with E-state index in [0.717, 1.165) is 26.5 Å². The van der Waals surface area contributed by atoms with Gasteiger partial charge in [-0.05, 0) is 58.8 Å². The number of carbonyl (C=O) groups excluding carboxylic acids is 1. The number of halogens is 1. The third-order valence-electron chi connectivity index (χ3n) is 4.03. The largest absolute Gasteiger partial charge is 0.469 e. The number of ether oxygens (including phenoxy) is 1. The zero-order chi connectivity index (χ0) is 14.4. The van der Waals surface area contributed by atoms with Crippen LogP contribution in [-0.2, 0) is 16.0 Å². The summed E-state index contributed by atoms with van der Waals surface area (Å²) in [6.07, 6.45) is 2.70. The van der Waals surface area contributed by atoms with Crippen LogP contribution in [0.2, 0.25) is 0 Å². The molecule has 1 aliphatic carbocycles. The van der Waals surface area contributed by atoms with Crippen LogP contribution in [0.1, 0.15) is 35.6 Å². The van der Waals surface area contributed by atoms with Gasteiger partial charge in [-0.3, -0.25) is 4.79 Å². The molecule has 106 valence electrons. The molecule has 0 bridgehead atoms. The van der Waals surface area contributed by atoms with E-state index in [2.05, 4.69) is 27.0 Å². The number of methoxy groups -OCH3 is 1. The number of nitrogens with one attached hydrogen (secondary N) is 1. The number of aromatic nitrogens is 1. The molecule has 1 aromatic carbocycles. The Morgan fingerprint density at radius 2 is 2.25 bits per heavy atom. The highest BCUT2D eigenvalue weighted by Gasteiger charge is 2.27. The Morgan fingerprint density at radius 3 is 2.85 bits per heavy atom. The van der Waals surface area contributed by atoms with Crippen LogP contribution in [-0.4, -0.2) is 18.1 Å². The highest BCUT2D eigenvalue weighted by Crippen LogP contribution is 2.44. The van der Waals surface area contributed by atoms with E-state index in [0.29, 0.717) is 11.6 Å². The van der Waals surface area contributed by atoms with Crippen molar-refractivity contribution >= 4 is 38.5 Å². The summed E-state index contributed by atoms with van der Waals surface area (Å²) in [4.78, 5) is 15.0. The predicted molar refractivity (Wildman–Crippen MR) is 82.8 cm³/mol. The van der Waals surface area contributed by atoms with Crippen LogP contribution < -0.4 is 5.73 Å². The molecule has 0 atom stereocenters. The third-order valence-corrected chi connectivity index (χ3v) is 4.94. The Bertz CT molecular complexity index is 702. The molecule has 0 spiro atoms. The van der Waals surface area contributed by atoms with Crippen LogP contribution in [0, 0.1) is 6.92 Å². The van der Waals surface area contributed by atoms with Crippen molar-refractivity contribution in [3.63, 3.8) is 0 Å². The number of carbonyl (C=O) groups is 1. The van der Waals surface area contributed by atoms with Crippen LogP contribution >= 0.6 is 15.9 Å². The summed E-state index contributed by atoms with van der Waals surface area (Å²) in [7, 11) is 1.40. The molecule has 0 amide bonds. The number of esters is 1. The van der Waals surface area contributed by atoms with Crippen molar-refractivity contribution in [2.45, 2.75) is 32.1 Å². The summed E-state index contributed by atoms with van der Waals surface area (Å²) in [5.74, 6) is 0.378. The average molecular weight is 337 g/mol. The maximum Gasteiger partial charge on any atom is 0.310 e. The highest BCUT2D eigenvalue weighted by atomic mass is 79.9. The van der Waals surface area contributed by atoms with Crippen molar-refractivity contribution in [2.24, 2.45) is 0 Å². The summed E-state index contributed by atoms with van der Waals surface area (Å²) in [6, 6.07) is 2.15. The van der Waals surface area contributed by atoms with E-state index < -0.39 is 0 Å². The first-order valence-corrected chi connectivity index (χ1v) is 7.48. The first kappa shape index (κ1) is 13.5. The molecule has 1 fully saturated rings. The monoisotopic (exact) mass is 336 g/mol. The van der Waals surface area contributed by atoms with E-state index in [9.17, 15) is 4.79 Å². The summed E-state index contributed by atoms with van der Waals surface area (Å²) in [5.41, 5.74) is 11.0. The number of rotatable bonds is 3. The number of benzene rings is 1. The second-order valence-corrected chi connectivity index (χ2v) is 6.16. The minimum absolute atomic E-state index is 0.229. The number of aromatic amines is 1. The second kappa shape index (κ2) is 4.81. The number of nitrogens with two attached hydrogens (primary N) is 1. The maximum atomic E-state index is 11.6. The van der Waals surface area contributed by atoms with Crippen LogP contribution in [0.25, 0.3) is 10.9 Å². The van der Waals surface area contributed by atoms with Crippen molar-refractivity contribution in [2.75, 3.05) is 12.8 Å². The minimum Gasteiger partial charge on any atom is -0.469 e. The minimum atomic E-state index is -0.259. The zero-order valence-corrected chi connectivity index (χ0v) is 13.1. The van der Waals surface area contributed by atoms with Gasteiger partial charge in [0.15, 0.2) is 0 Å². The van der Waals surface area contributed by atoms with Gasteiger partial charge in [0.05, 0.1) is 24.7 Å². The van der Waals surface area contributed by atoms with E-state index >= 15 is 0 Å². The molecule has 1 saturated carbocycles. The van der Waals surface area contributed by atoms with Gasteiger partial charge in [0.2, 0.25) is 0 Å². The standard InChI is InChI=1S/C15H17BrN2O2/c1-7-9(6-12(19)20-2)13(16)10-5-11(8-3-4-8)18-15(10)14(7)17/h5,8,18H,3-4,6,17H2,1-2H3. The first-order chi connectivity index (χ1) is 9.52. The third kappa shape index (κ3) is 2.10. The van der Waals surface area contributed by atoms with Crippen molar-refractivity contribution in [3.05, 3.63) is 27.4 Å². The average Bonchev–Trinajstić information content (AvgIpc) is 3.20. The molecular formula is C15H17BrN2O2. The lowest BCUT2D eigenvalue weighted by molar-refractivity contribution is -0.139. The lowest BCUT2D eigenvalue weighted by atomic mass is 10.0. The molecule has 2 aromatic rings. The quantitative estimate of drug-likeness (QED) is 0.666. The van der Waals surface area contributed by atoms with Crippen molar-refractivity contribution in [3.8, 4) is 0 Å². The number of nitrogen functional groups attached to an aromatic ring is 1. The number of hydrogen-bond donors (Lipinski definition) is 2. The molecular weight excluding hydrogens is 320 g/mol. The Morgan fingerprint density at radius 1 is 1.55 bits per heavy atom. The highest BCUT2D eigenvalue weighted by molar-refractivity contribution is 9.10. The lowest BCUT2D eigenvalue weighted by Crippen LogP contribution is -2.08. The molecule has 4 nitrogen and oxygen atoms in total. The molecule has 3 N–H and O–H groups in total. The zero-order valence-electron chi connectivity index (χ0n) is 11.5. The van der Waals surface area contributed by atoms with E-state index in [4.69, 9.17) is 10.5 Å². The first-order valence-electron chi connectivity index (χ1n) is 6.68. The molecule has 3 rings (SSSR count). The predicted octanol–water partition coefficient (Wildman–Crippen LogP) is 3.41. The molecule has 5 heteroatoms. The Kier molecular flexibility index (Phi) is 3.24. The summed E-state index contributed by atoms with van der Waals surface area (Å²) >= 11 is 3.62. The molecule has 0 unspecified atom stereocenters. The van der Waals surface area contributed by atoms with Gasteiger partial charge >= 0.3 is 5.97 Å². The topological polar surface area (TPSA) is 68.1 Å². The summed E-state index contributed by atoms with van der Waals surface area (Å²) in [5, 5.41) is 1.05. The van der Waals surface area contributed by atoms with Gasteiger partial charge in [0.25, 0.3) is 0 Å². The number of H-pyrrole nitrogens is 1. The Balaban J connectivity index is 2.17. The fraction of sp³-hybridized carbons (Fsp3) is 0.400. The van der Waals surface area contributed by atoms with E-state index in [1.54, 1.807) is 0 Å². The van der Waals surface area contributed by atoms with E-state index in [1.807, 2.05) is 6.92 Å². The number of anilines is 1. The van der Waals surface area contributed by atoms with Gasteiger partial charge in [-0.15, -0.1) is 0 Å². The van der Waals surface area contributed by atoms with Gasteiger partial charge in [-0.1, -0.05) is 0 Å². The molecule has 1 aromatic heterocycles.